The second kappa shape index (κ2) is 7.19. The predicted octanol–water partition coefficient (Wildman–Crippen LogP) is 1.61. The fourth-order valence-corrected chi connectivity index (χ4v) is 3.16. The van der Waals surface area contributed by atoms with Crippen LogP contribution in [0.5, 0.6) is 0 Å². The molecule has 2 aliphatic rings. The number of nitrogens with one attached hydrogen (secondary N) is 1. The molecule has 2 amide bonds. The van der Waals surface area contributed by atoms with Crippen molar-refractivity contribution in [2.75, 3.05) is 18.1 Å². The summed E-state index contributed by atoms with van der Waals surface area (Å²) in [6, 6.07) is 2.68. The maximum atomic E-state index is 13.4. The quantitative estimate of drug-likeness (QED) is 0.841. The summed E-state index contributed by atoms with van der Waals surface area (Å²) >= 11 is 0. The summed E-state index contributed by atoms with van der Waals surface area (Å²) in [6.45, 7) is 0.711. The van der Waals surface area contributed by atoms with Gasteiger partial charge in [0.1, 0.15) is 6.04 Å². The van der Waals surface area contributed by atoms with Crippen molar-refractivity contribution in [2.45, 2.75) is 31.4 Å². The molecule has 0 unspecified atom stereocenters. The third kappa shape index (κ3) is 3.64. The van der Waals surface area contributed by atoms with E-state index in [1.165, 1.54) is 11.0 Å². The Morgan fingerprint density at radius 2 is 2.20 bits per heavy atom. The number of carbonyl (C=O) groups is 2. The average molecular weight is 348 g/mol. The molecule has 1 aromatic rings. The van der Waals surface area contributed by atoms with E-state index in [0.717, 1.165) is 25.0 Å². The van der Waals surface area contributed by atoms with E-state index in [1.54, 1.807) is 0 Å². The van der Waals surface area contributed by atoms with Gasteiger partial charge in [0.25, 0.3) is 0 Å². The van der Waals surface area contributed by atoms with Crippen LogP contribution in [0.25, 0.3) is 0 Å². The fraction of sp³-hybridized carbons (Fsp3) is 0.444. The first-order valence-corrected chi connectivity index (χ1v) is 8.13. The molecule has 5 nitrogen and oxygen atoms in total. The van der Waals surface area contributed by atoms with Gasteiger partial charge in [0.2, 0.25) is 11.8 Å². The molecular formula is C18H18F2N2O3. The van der Waals surface area contributed by atoms with Gasteiger partial charge in [0, 0.05) is 31.3 Å². The molecule has 25 heavy (non-hydrogen) atoms. The number of hydrogen-bond donors (Lipinski definition) is 1. The average Bonchev–Trinajstić information content (AvgIpc) is 3.25. The summed E-state index contributed by atoms with van der Waals surface area (Å²) in [5.41, 5.74) is 0.229. The first-order chi connectivity index (χ1) is 12.0. The number of nitrogens with zero attached hydrogens (tertiary/aromatic N) is 1. The molecule has 7 heteroatoms. The van der Waals surface area contributed by atoms with Crippen molar-refractivity contribution in [3.05, 3.63) is 29.8 Å². The predicted molar refractivity (Wildman–Crippen MR) is 86.6 cm³/mol. The lowest BCUT2D eigenvalue weighted by Crippen LogP contribution is -2.45. The van der Waals surface area contributed by atoms with Crippen LogP contribution < -0.4 is 10.2 Å². The molecular weight excluding hydrogens is 330 g/mol. The minimum atomic E-state index is -1.04. The summed E-state index contributed by atoms with van der Waals surface area (Å²) in [4.78, 5) is 25.9. The standard InChI is InChI=1S/C18H18F2N2O3/c1-2-15(16-4-3-7-25-16)21-18(24)11-8-17(23)22(10-11)12-5-6-13(19)14(20)9-12/h1,5-6,9,11,15-16H,3-4,7-8,10H2,(H,21,24)/t11-,15-,16+/m0/s1. The van der Waals surface area contributed by atoms with Crippen molar-refractivity contribution in [2.24, 2.45) is 5.92 Å². The summed E-state index contributed by atoms with van der Waals surface area (Å²) < 4.78 is 31.9. The molecule has 1 N–H and O–H groups in total. The van der Waals surface area contributed by atoms with Gasteiger partial charge in [-0.2, -0.15) is 0 Å². The Bertz CT molecular complexity index is 726. The van der Waals surface area contributed by atoms with Gasteiger partial charge < -0.3 is 15.0 Å². The van der Waals surface area contributed by atoms with Crippen LogP contribution in [0.15, 0.2) is 18.2 Å². The largest absolute Gasteiger partial charge is 0.375 e. The lowest BCUT2D eigenvalue weighted by molar-refractivity contribution is -0.127. The van der Waals surface area contributed by atoms with Gasteiger partial charge in [0.15, 0.2) is 11.6 Å². The molecule has 2 saturated heterocycles. The molecule has 0 bridgehead atoms. The minimum Gasteiger partial charge on any atom is -0.375 e. The normalized spacial score (nSPS) is 24.2. The lowest BCUT2D eigenvalue weighted by atomic mass is 10.0. The highest BCUT2D eigenvalue weighted by molar-refractivity contribution is 6.00. The topological polar surface area (TPSA) is 58.6 Å². The first kappa shape index (κ1) is 17.4. The van der Waals surface area contributed by atoms with Gasteiger partial charge >= 0.3 is 0 Å². The highest BCUT2D eigenvalue weighted by Crippen LogP contribution is 2.27. The number of rotatable bonds is 4. The Hall–Kier alpha value is -2.46. The van der Waals surface area contributed by atoms with Crippen molar-refractivity contribution in [3.63, 3.8) is 0 Å². The second-order valence-corrected chi connectivity index (χ2v) is 6.21. The first-order valence-electron chi connectivity index (χ1n) is 8.13. The Balaban J connectivity index is 1.66. The van der Waals surface area contributed by atoms with E-state index < -0.39 is 23.6 Å². The Labute approximate surface area is 144 Å². The molecule has 3 atom stereocenters. The van der Waals surface area contributed by atoms with E-state index in [2.05, 4.69) is 11.2 Å². The Morgan fingerprint density at radius 3 is 2.84 bits per heavy atom. The summed E-state index contributed by atoms with van der Waals surface area (Å²) in [5.74, 6) is -0.761. The van der Waals surface area contributed by atoms with E-state index in [-0.39, 0.29) is 36.6 Å². The lowest BCUT2D eigenvalue weighted by Gasteiger charge is -2.21. The summed E-state index contributed by atoms with van der Waals surface area (Å²) in [7, 11) is 0. The van der Waals surface area contributed by atoms with Gasteiger partial charge in [-0.25, -0.2) is 8.78 Å². The molecule has 0 radical (unpaired) electrons. The van der Waals surface area contributed by atoms with E-state index in [1.807, 2.05) is 0 Å². The van der Waals surface area contributed by atoms with E-state index in [4.69, 9.17) is 11.2 Å². The number of ether oxygens (including phenoxy) is 1. The summed E-state index contributed by atoms with van der Waals surface area (Å²) in [6.07, 6.45) is 6.93. The number of halogens is 2. The van der Waals surface area contributed by atoms with Crippen LogP contribution in [0.1, 0.15) is 19.3 Å². The molecule has 2 fully saturated rings. The third-order valence-corrected chi connectivity index (χ3v) is 4.52. The monoisotopic (exact) mass is 348 g/mol. The van der Waals surface area contributed by atoms with Crippen molar-refractivity contribution >= 4 is 17.5 Å². The number of anilines is 1. The van der Waals surface area contributed by atoms with Crippen LogP contribution in [0.2, 0.25) is 0 Å². The SMILES string of the molecule is C#C[C@H](NC(=O)[C@H]1CC(=O)N(c2ccc(F)c(F)c2)C1)[C@H]1CCCO1. The number of carbonyl (C=O) groups excluding carboxylic acids is 2. The molecule has 2 aliphatic heterocycles. The Morgan fingerprint density at radius 1 is 1.40 bits per heavy atom. The van der Waals surface area contributed by atoms with Gasteiger partial charge in [-0.15, -0.1) is 6.42 Å². The maximum Gasteiger partial charge on any atom is 0.227 e. The molecule has 3 rings (SSSR count). The number of amides is 2. The van der Waals surface area contributed by atoms with Crippen molar-refractivity contribution in [3.8, 4) is 12.3 Å². The van der Waals surface area contributed by atoms with Crippen molar-refractivity contribution < 1.29 is 23.1 Å². The molecule has 2 heterocycles. The van der Waals surface area contributed by atoms with Crippen LogP contribution in [-0.2, 0) is 14.3 Å². The van der Waals surface area contributed by atoms with Crippen molar-refractivity contribution in [1.82, 2.24) is 5.32 Å². The fourth-order valence-electron chi connectivity index (χ4n) is 3.16. The smallest absolute Gasteiger partial charge is 0.227 e. The van der Waals surface area contributed by atoms with Crippen molar-refractivity contribution in [1.29, 1.82) is 0 Å². The molecule has 1 aromatic carbocycles. The van der Waals surface area contributed by atoms with Crippen LogP contribution in [-0.4, -0.2) is 37.1 Å². The zero-order chi connectivity index (χ0) is 18.0. The second-order valence-electron chi connectivity index (χ2n) is 6.21. The van der Waals surface area contributed by atoms with Crippen LogP contribution in [0, 0.1) is 29.9 Å². The highest BCUT2D eigenvalue weighted by atomic mass is 19.2. The number of terminal acetylenes is 1. The van der Waals surface area contributed by atoms with Crippen LogP contribution in [0.4, 0.5) is 14.5 Å². The van der Waals surface area contributed by atoms with Gasteiger partial charge in [-0.3, -0.25) is 9.59 Å². The highest BCUT2D eigenvalue weighted by Gasteiger charge is 2.37. The number of hydrogen-bond acceptors (Lipinski definition) is 3. The van der Waals surface area contributed by atoms with Crippen LogP contribution >= 0.6 is 0 Å². The van der Waals surface area contributed by atoms with E-state index >= 15 is 0 Å². The zero-order valence-electron chi connectivity index (χ0n) is 13.5. The zero-order valence-corrected chi connectivity index (χ0v) is 13.5. The van der Waals surface area contributed by atoms with Gasteiger partial charge in [0.05, 0.1) is 12.0 Å². The molecule has 0 aromatic heterocycles. The molecule has 0 spiro atoms. The molecule has 132 valence electrons. The molecule has 0 saturated carbocycles. The summed E-state index contributed by atoms with van der Waals surface area (Å²) in [5, 5.41) is 2.75. The Kier molecular flexibility index (Phi) is 5.00. The van der Waals surface area contributed by atoms with Crippen LogP contribution in [0.3, 0.4) is 0 Å². The number of benzene rings is 1. The third-order valence-electron chi connectivity index (χ3n) is 4.52. The molecule has 0 aliphatic carbocycles. The van der Waals surface area contributed by atoms with E-state index in [9.17, 15) is 18.4 Å². The van der Waals surface area contributed by atoms with Gasteiger partial charge in [-0.1, -0.05) is 5.92 Å². The minimum absolute atomic E-state index is 0.00631. The van der Waals surface area contributed by atoms with E-state index in [0.29, 0.717) is 6.61 Å². The maximum absolute atomic E-state index is 13.4. The van der Waals surface area contributed by atoms with Gasteiger partial charge in [-0.05, 0) is 25.0 Å².